The van der Waals surface area contributed by atoms with Gasteiger partial charge in [0, 0.05) is 15.5 Å². The molecule has 0 radical (unpaired) electrons. The normalized spacial score (nSPS) is 11.8. The Kier molecular flexibility index (Phi) is 2.60. The summed E-state index contributed by atoms with van der Waals surface area (Å²) in [6.45, 7) is 1.66. The van der Waals surface area contributed by atoms with Crippen molar-refractivity contribution in [2.45, 2.75) is 13.1 Å². The van der Waals surface area contributed by atoms with Gasteiger partial charge < -0.3 is 0 Å². The number of hydrogen-bond donors (Lipinski definition) is 0. The summed E-state index contributed by atoms with van der Waals surface area (Å²) >= 11 is 1.65. The van der Waals surface area contributed by atoms with E-state index in [-0.39, 0.29) is 3.57 Å². The minimum absolute atomic E-state index is 0.188. The molecule has 0 atom stereocenters. The van der Waals surface area contributed by atoms with Crippen molar-refractivity contribution in [1.29, 1.82) is 0 Å². The highest BCUT2D eigenvalue weighted by Gasteiger charge is 2.33. The number of pyridine rings is 1. The molecule has 12 heavy (non-hydrogen) atoms. The molecule has 0 saturated heterocycles. The third-order valence-corrected chi connectivity index (χ3v) is 2.19. The Labute approximate surface area is 81.1 Å². The molecule has 0 aliphatic carbocycles. The maximum absolute atomic E-state index is 12.1. The summed E-state index contributed by atoms with van der Waals surface area (Å²) in [6.07, 6.45) is -3.44. The van der Waals surface area contributed by atoms with Crippen LogP contribution in [0.5, 0.6) is 0 Å². The second-order valence-electron chi connectivity index (χ2n) is 2.30. The van der Waals surface area contributed by atoms with E-state index < -0.39 is 11.7 Å². The maximum atomic E-state index is 12.1. The fourth-order valence-electron chi connectivity index (χ4n) is 0.735. The van der Waals surface area contributed by atoms with Crippen LogP contribution in [0.15, 0.2) is 12.3 Å². The quantitative estimate of drug-likeness (QED) is 0.668. The molecule has 5 heteroatoms. The molecule has 0 aromatic carbocycles. The Morgan fingerprint density at radius 3 is 2.42 bits per heavy atom. The van der Waals surface area contributed by atoms with E-state index in [4.69, 9.17) is 0 Å². The van der Waals surface area contributed by atoms with E-state index in [1.807, 2.05) is 0 Å². The van der Waals surface area contributed by atoms with Gasteiger partial charge in [-0.3, -0.25) is 4.98 Å². The van der Waals surface area contributed by atoms with Gasteiger partial charge in [-0.2, -0.15) is 13.2 Å². The van der Waals surface area contributed by atoms with Crippen molar-refractivity contribution in [2.75, 3.05) is 0 Å². The first kappa shape index (κ1) is 9.76. The van der Waals surface area contributed by atoms with E-state index in [0.29, 0.717) is 5.69 Å². The van der Waals surface area contributed by atoms with Gasteiger partial charge in [-0.25, -0.2) is 0 Å². The average molecular weight is 287 g/mol. The standard InChI is InChI=1S/C7H5F3IN/c1-4-2-6(11)5(3-12-4)7(8,9)10/h2-3H,1H3. The Morgan fingerprint density at radius 1 is 1.42 bits per heavy atom. The Morgan fingerprint density at radius 2 is 2.00 bits per heavy atom. The highest BCUT2D eigenvalue weighted by Crippen LogP contribution is 2.32. The molecule has 1 rings (SSSR count). The van der Waals surface area contributed by atoms with Gasteiger partial charge in [-0.05, 0) is 35.6 Å². The Hall–Kier alpha value is -0.330. The highest BCUT2D eigenvalue weighted by molar-refractivity contribution is 14.1. The van der Waals surface area contributed by atoms with Gasteiger partial charge in [-0.1, -0.05) is 0 Å². The molecule has 0 unspecified atom stereocenters. The van der Waals surface area contributed by atoms with Gasteiger partial charge in [0.05, 0.1) is 5.56 Å². The Bertz CT molecular complexity index is 295. The fraction of sp³-hybridized carbons (Fsp3) is 0.286. The molecule has 1 nitrogen and oxygen atoms in total. The van der Waals surface area contributed by atoms with Crippen LogP contribution in [0.4, 0.5) is 13.2 Å². The molecule has 1 aromatic heterocycles. The average Bonchev–Trinajstić information content (AvgIpc) is 1.83. The van der Waals surface area contributed by atoms with Gasteiger partial charge in [0.15, 0.2) is 0 Å². The molecule has 0 aliphatic heterocycles. The summed E-state index contributed by atoms with van der Waals surface area (Å²) in [5.41, 5.74) is -0.0823. The van der Waals surface area contributed by atoms with Crippen molar-refractivity contribution >= 4 is 22.6 Å². The van der Waals surface area contributed by atoms with E-state index in [1.54, 1.807) is 29.5 Å². The van der Waals surface area contributed by atoms with Crippen LogP contribution in [0.1, 0.15) is 11.3 Å². The van der Waals surface area contributed by atoms with Crippen molar-refractivity contribution in [3.05, 3.63) is 27.1 Å². The molecular weight excluding hydrogens is 282 g/mol. The van der Waals surface area contributed by atoms with Crippen LogP contribution in [0, 0.1) is 10.5 Å². The topological polar surface area (TPSA) is 12.9 Å². The number of aromatic nitrogens is 1. The molecule has 0 saturated carbocycles. The lowest BCUT2D eigenvalue weighted by molar-refractivity contribution is -0.138. The molecule has 1 aromatic rings. The van der Waals surface area contributed by atoms with Gasteiger partial charge >= 0.3 is 6.18 Å². The smallest absolute Gasteiger partial charge is 0.261 e. The van der Waals surface area contributed by atoms with Crippen LogP contribution in [0.25, 0.3) is 0 Å². The molecule has 1 heterocycles. The SMILES string of the molecule is Cc1cc(I)c(C(F)(F)F)cn1. The fourth-order valence-corrected chi connectivity index (χ4v) is 1.63. The van der Waals surface area contributed by atoms with Crippen LogP contribution in [-0.4, -0.2) is 4.98 Å². The van der Waals surface area contributed by atoms with E-state index in [2.05, 4.69) is 4.98 Å². The molecule has 0 amide bonds. The van der Waals surface area contributed by atoms with Crippen molar-refractivity contribution in [3.63, 3.8) is 0 Å². The molecule has 0 aliphatic rings. The minimum Gasteiger partial charge on any atom is -0.261 e. The number of hydrogen-bond acceptors (Lipinski definition) is 1. The monoisotopic (exact) mass is 287 g/mol. The lowest BCUT2D eigenvalue weighted by Gasteiger charge is -2.07. The number of alkyl halides is 3. The summed E-state index contributed by atoms with van der Waals surface area (Å²) in [7, 11) is 0. The number of aryl methyl sites for hydroxylation is 1. The first-order valence-electron chi connectivity index (χ1n) is 3.10. The van der Waals surface area contributed by atoms with E-state index in [0.717, 1.165) is 6.20 Å². The molecular formula is C7H5F3IN. The summed E-state index contributed by atoms with van der Waals surface area (Å²) in [5, 5.41) is 0. The lowest BCUT2D eigenvalue weighted by Crippen LogP contribution is -2.08. The Balaban J connectivity index is 3.19. The van der Waals surface area contributed by atoms with Crippen LogP contribution >= 0.6 is 22.6 Å². The molecule has 0 bridgehead atoms. The van der Waals surface area contributed by atoms with E-state index in [1.165, 1.54) is 6.07 Å². The summed E-state index contributed by atoms with van der Waals surface area (Å²) in [5.74, 6) is 0. The largest absolute Gasteiger partial charge is 0.418 e. The predicted octanol–water partition coefficient (Wildman–Crippen LogP) is 3.01. The van der Waals surface area contributed by atoms with E-state index >= 15 is 0 Å². The summed E-state index contributed by atoms with van der Waals surface area (Å²) < 4.78 is 36.6. The van der Waals surface area contributed by atoms with E-state index in [9.17, 15) is 13.2 Å². The number of rotatable bonds is 0. The third-order valence-electron chi connectivity index (χ3n) is 1.30. The van der Waals surface area contributed by atoms with Gasteiger partial charge in [0.25, 0.3) is 0 Å². The summed E-state index contributed by atoms with van der Waals surface area (Å²) in [4.78, 5) is 3.58. The lowest BCUT2D eigenvalue weighted by atomic mass is 10.2. The van der Waals surface area contributed by atoms with Crippen LogP contribution < -0.4 is 0 Å². The third kappa shape index (κ3) is 2.09. The zero-order valence-electron chi connectivity index (χ0n) is 6.11. The first-order valence-corrected chi connectivity index (χ1v) is 4.18. The van der Waals surface area contributed by atoms with Crippen LogP contribution in [0.2, 0.25) is 0 Å². The second-order valence-corrected chi connectivity index (χ2v) is 3.47. The number of nitrogens with zero attached hydrogens (tertiary/aromatic N) is 1. The van der Waals surface area contributed by atoms with Crippen molar-refractivity contribution in [3.8, 4) is 0 Å². The molecule has 0 N–H and O–H groups in total. The van der Waals surface area contributed by atoms with Gasteiger partial charge in [0.2, 0.25) is 0 Å². The van der Waals surface area contributed by atoms with Crippen LogP contribution in [0.3, 0.4) is 0 Å². The second kappa shape index (κ2) is 3.20. The highest BCUT2D eigenvalue weighted by atomic mass is 127. The van der Waals surface area contributed by atoms with Crippen molar-refractivity contribution in [1.82, 2.24) is 4.98 Å². The van der Waals surface area contributed by atoms with Gasteiger partial charge in [0.1, 0.15) is 0 Å². The van der Waals surface area contributed by atoms with Crippen LogP contribution in [-0.2, 0) is 6.18 Å². The zero-order valence-corrected chi connectivity index (χ0v) is 8.27. The predicted molar refractivity (Wildman–Crippen MR) is 46.7 cm³/mol. The van der Waals surface area contributed by atoms with Crippen molar-refractivity contribution in [2.24, 2.45) is 0 Å². The number of halogens is 4. The minimum atomic E-state index is -4.29. The molecule has 66 valence electrons. The molecule has 0 fully saturated rings. The maximum Gasteiger partial charge on any atom is 0.418 e. The summed E-state index contributed by atoms with van der Waals surface area (Å²) in [6, 6.07) is 1.41. The van der Waals surface area contributed by atoms with Gasteiger partial charge in [-0.15, -0.1) is 0 Å². The van der Waals surface area contributed by atoms with Crippen molar-refractivity contribution < 1.29 is 13.2 Å². The molecule has 0 spiro atoms. The first-order chi connectivity index (χ1) is 5.41. The zero-order chi connectivity index (χ0) is 9.35.